The van der Waals surface area contributed by atoms with Crippen LogP contribution in [0.4, 0.5) is 0 Å². The van der Waals surface area contributed by atoms with Crippen LogP contribution < -0.4 is 5.56 Å². The van der Waals surface area contributed by atoms with Gasteiger partial charge in [0.25, 0.3) is 5.56 Å². The highest BCUT2D eigenvalue weighted by Crippen LogP contribution is 2.18. The molecule has 0 amide bonds. The Bertz CT molecular complexity index is 819. The van der Waals surface area contributed by atoms with Gasteiger partial charge in [0, 0.05) is 18.4 Å². The second-order valence-electron chi connectivity index (χ2n) is 4.97. The van der Waals surface area contributed by atoms with Crippen LogP contribution in [0.5, 0.6) is 0 Å². The molecule has 2 aromatic heterocycles. The molecule has 0 spiro atoms. The number of aromatic nitrogens is 3. The Kier molecular flexibility index (Phi) is 3.58. The maximum Gasteiger partial charge on any atom is 0.263 e. The van der Waals surface area contributed by atoms with Gasteiger partial charge < -0.3 is 9.72 Å². The van der Waals surface area contributed by atoms with Gasteiger partial charge in [-0.25, -0.2) is 4.98 Å². The molecule has 1 N–H and O–H groups in total. The van der Waals surface area contributed by atoms with Crippen molar-refractivity contribution in [2.24, 2.45) is 0 Å². The third-order valence-corrected chi connectivity index (χ3v) is 3.43. The largest absolute Gasteiger partial charge is 0.383 e. The summed E-state index contributed by atoms with van der Waals surface area (Å²) in [4.78, 5) is 20.5. The fourth-order valence-electron chi connectivity index (χ4n) is 2.43. The summed E-state index contributed by atoms with van der Waals surface area (Å²) >= 11 is 0. The van der Waals surface area contributed by atoms with Crippen molar-refractivity contribution in [2.75, 3.05) is 13.7 Å². The first-order valence-corrected chi connectivity index (χ1v) is 6.85. The van der Waals surface area contributed by atoms with Crippen molar-refractivity contribution in [3.8, 4) is 11.4 Å². The summed E-state index contributed by atoms with van der Waals surface area (Å²) < 4.78 is 6.79. The number of hydrogen-bond donors (Lipinski definition) is 1. The van der Waals surface area contributed by atoms with E-state index in [1.54, 1.807) is 11.7 Å². The average Bonchev–Trinajstić information content (AvgIpc) is 2.88. The average molecular weight is 283 g/mol. The van der Waals surface area contributed by atoms with Crippen LogP contribution >= 0.6 is 0 Å². The third kappa shape index (κ3) is 2.48. The maximum absolute atomic E-state index is 12.7. The first-order valence-electron chi connectivity index (χ1n) is 6.85. The molecule has 0 aliphatic rings. The summed E-state index contributed by atoms with van der Waals surface area (Å²) in [5.41, 5.74) is 2.43. The van der Waals surface area contributed by atoms with E-state index in [4.69, 9.17) is 4.74 Å². The van der Waals surface area contributed by atoms with Gasteiger partial charge in [0.05, 0.1) is 18.5 Å². The molecule has 0 atom stereocenters. The minimum atomic E-state index is -0.0414. The Labute approximate surface area is 122 Å². The lowest BCUT2D eigenvalue weighted by Crippen LogP contribution is -2.25. The van der Waals surface area contributed by atoms with E-state index in [0.717, 1.165) is 11.3 Å². The van der Waals surface area contributed by atoms with E-state index < -0.39 is 0 Å². The Hall–Kier alpha value is -2.40. The Morgan fingerprint density at radius 2 is 2.05 bits per heavy atom. The molecule has 0 fully saturated rings. The SMILES string of the molecule is COCCn1c(-c2ccccc2)nc2[nH]c(C)cc2c1=O. The predicted molar refractivity (Wildman–Crippen MR) is 82.4 cm³/mol. The molecule has 5 heteroatoms. The second-order valence-corrected chi connectivity index (χ2v) is 4.97. The van der Waals surface area contributed by atoms with Gasteiger partial charge in [-0.3, -0.25) is 9.36 Å². The highest BCUT2D eigenvalue weighted by Gasteiger charge is 2.13. The number of rotatable bonds is 4. The molecule has 5 nitrogen and oxygen atoms in total. The number of hydrogen-bond acceptors (Lipinski definition) is 3. The predicted octanol–water partition coefficient (Wildman–Crippen LogP) is 2.35. The molecule has 1 aromatic carbocycles. The zero-order valence-corrected chi connectivity index (χ0v) is 12.1. The molecule has 0 radical (unpaired) electrons. The van der Waals surface area contributed by atoms with Crippen LogP contribution in [0.25, 0.3) is 22.4 Å². The summed E-state index contributed by atoms with van der Waals surface area (Å²) in [6.45, 7) is 2.87. The number of nitrogens with one attached hydrogen (secondary N) is 1. The standard InChI is InChI=1S/C16H17N3O2/c1-11-10-13-14(17-11)18-15(12-6-4-3-5-7-12)19(16(13)20)8-9-21-2/h3-7,10,17H,8-9H2,1-2H3. The van der Waals surface area contributed by atoms with E-state index in [-0.39, 0.29) is 5.56 Å². The number of fused-ring (bicyclic) bond motifs is 1. The molecular weight excluding hydrogens is 266 g/mol. The third-order valence-electron chi connectivity index (χ3n) is 3.43. The minimum Gasteiger partial charge on any atom is -0.383 e. The van der Waals surface area contributed by atoms with Gasteiger partial charge in [0.1, 0.15) is 11.5 Å². The normalized spacial score (nSPS) is 11.1. The monoisotopic (exact) mass is 283 g/mol. The zero-order valence-electron chi connectivity index (χ0n) is 12.1. The van der Waals surface area contributed by atoms with Crippen molar-refractivity contribution < 1.29 is 4.74 Å². The van der Waals surface area contributed by atoms with Gasteiger partial charge in [0.2, 0.25) is 0 Å². The summed E-state index contributed by atoms with van der Waals surface area (Å²) in [5, 5.41) is 0.614. The minimum absolute atomic E-state index is 0.0414. The summed E-state index contributed by atoms with van der Waals surface area (Å²) in [6.07, 6.45) is 0. The van der Waals surface area contributed by atoms with Gasteiger partial charge in [-0.05, 0) is 13.0 Å². The Morgan fingerprint density at radius 3 is 2.76 bits per heavy atom. The number of benzene rings is 1. The van der Waals surface area contributed by atoms with E-state index in [1.165, 1.54) is 0 Å². The molecule has 0 aliphatic heterocycles. The van der Waals surface area contributed by atoms with Crippen LogP contribution in [0, 0.1) is 6.92 Å². The molecule has 0 bridgehead atoms. The smallest absolute Gasteiger partial charge is 0.263 e. The van der Waals surface area contributed by atoms with Crippen LogP contribution in [0.15, 0.2) is 41.2 Å². The lowest BCUT2D eigenvalue weighted by molar-refractivity contribution is 0.186. The van der Waals surface area contributed by atoms with Crippen LogP contribution in [-0.4, -0.2) is 28.3 Å². The number of ether oxygens (including phenoxy) is 1. The van der Waals surface area contributed by atoms with Crippen molar-refractivity contribution in [1.82, 2.24) is 14.5 Å². The first kappa shape index (κ1) is 13.6. The zero-order chi connectivity index (χ0) is 14.8. The molecular formula is C16H17N3O2. The van der Waals surface area contributed by atoms with Gasteiger partial charge in [0.15, 0.2) is 0 Å². The number of aryl methyl sites for hydroxylation is 1. The van der Waals surface area contributed by atoms with Gasteiger partial charge in [-0.2, -0.15) is 0 Å². The highest BCUT2D eigenvalue weighted by atomic mass is 16.5. The van der Waals surface area contributed by atoms with E-state index in [1.807, 2.05) is 43.3 Å². The summed E-state index contributed by atoms with van der Waals surface area (Å²) in [6, 6.07) is 11.6. The molecule has 3 rings (SSSR count). The fraction of sp³-hybridized carbons (Fsp3) is 0.250. The van der Waals surface area contributed by atoms with Crippen LogP contribution in [0.3, 0.4) is 0 Å². The second kappa shape index (κ2) is 5.54. The van der Waals surface area contributed by atoms with Gasteiger partial charge >= 0.3 is 0 Å². The highest BCUT2D eigenvalue weighted by molar-refractivity contribution is 5.77. The number of nitrogens with zero attached hydrogens (tertiary/aromatic N) is 2. The molecule has 0 saturated heterocycles. The quantitative estimate of drug-likeness (QED) is 0.799. The van der Waals surface area contributed by atoms with Crippen molar-refractivity contribution in [2.45, 2.75) is 13.5 Å². The van der Waals surface area contributed by atoms with Gasteiger partial charge in [-0.15, -0.1) is 0 Å². The molecule has 21 heavy (non-hydrogen) atoms. The van der Waals surface area contributed by atoms with E-state index in [9.17, 15) is 4.79 Å². The first-order chi connectivity index (χ1) is 10.2. The lowest BCUT2D eigenvalue weighted by Gasteiger charge is -2.12. The number of aromatic amines is 1. The van der Waals surface area contributed by atoms with Crippen LogP contribution in [0.1, 0.15) is 5.69 Å². The van der Waals surface area contributed by atoms with E-state index >= 15 is 0 Å². The molecule has 2 heterocycles. The van der Waals surface area contributed by atoms with Gasteiger partial charge in [-0.1, -0.05) is 30.3 Å². The molecule has 108 valence electrons. The molecule has 3 aromatic rings. The van der Waals surface area contributed by atoms with E-state index in [2.05, 4.69) is 9.97 Å². The maximum atomic E-state index is 12.7. The van der Waals surface area contributed by atoms with Crippen LogP contribution in [0.2, 0.25) is 0 Å². The summed E-state index contributed by atoms with van der Waals surface area (Å²) in [7, 11) is 1.62. The number of H-pyrrole nitrogens is 1. The van der Waals surface area contributed by atoms with Crippen molar-refractivity contribution in [3.63, 3.8) is 0 Å². The van der Waals surface area contributed by atoms with E-state index in [0.29, 0.717) is 30.0 Å². The summed E-state index contributed by atoms with van der Waals surface area (Å²) in [5.74, 6) is 0.659. The van der Waals surface area contributed by atoms with Crippen molar-refractivity contribution in [3.05, 3.63) is 52.4 Å². The lowest BCUT2D eigenvalue weighted by atomic mass is 10.2. The Morgan fingerprint density at radius 1 is 1.29 bits per heavy atom. The molecule has 0 unspecified atom stereocenters. The number of methoxy groups -OCH3 is 1. The van der Waals surface area contributed by atoms with Crippen molar-refractivity contribution in [1.29, 1.82) is 0 Å². The van der Waals surface area contributed by atoms with Crippen LogP contribution in [-0.2, 0) is 11.3 Å². The Balaban J connectivity index is 2.27. The molecule has 0 aliphatic carbocycles. The van der Waals surface area contributed by atoms with Crippen molar-refractivity contribution >= 4 is 11.0 Å². The topological polar surface area (TPSA) is 59.9 Å². The fourth-order valence-corrected chi connectivity index (χ4v) is 2.43. The molecule has 0 saturated carbocycles.